The van der Waals surface area contributed by atoms with Crippen molar-refractivity contribution >= 4 is 11.9 Å². The summed E-state index contributed by atoms with van der Waals surface area (Å²) in [5.74, 6) is -0.400. The number of aliphatic carboxylic acids is 1. The number of anilines is 1. The fourth-order valence-electron chi connectivity index (χ4n) is 0.934. The van der Waals surface area contributed by atoms with Crippen LogP contribution >= 0.6 is 0 Å². The molecule has 66 valence electrons. The highest BCUT2D eigenvalue weighted by Gasteiger charge is 1.99. The number of carboxylic acid groups (broad SMARTS) is 1. The number of imidazole rings is 1. The molecule has 5 nitrogen and oxygen atoms in total. The van der Waals surface area contributed by atoms with Crippen molar-refractivity contribution in [1.29, 1.82) is 0 Å². The number of rotatable bonds is 4. The Hall–Kier alpha value is -1.52. The number of carboxylic acids is 1. The van der Waals surface area contributed by atoms with Crippen LogP contribution in [0.4, 0.5) is 5.95 Å². The van der Waals surface area contributed by atoms with E-state index in [1.807, 2.05) is 0 Å². The van der Waals surface area contributed by atoms with Crippen molar-refractivity contribution < 1.29 is 9.90 Å². The number of nitrogens with one attached hydrogen (secondary N) is 1. The zero-order chi connectivity index (χ0) is 8.97. The van der Waals surface area contributed by atoms with Gasteiger partial charge >= 0.3 is 5.97 Å². The van der Waals surface area contributed by atoms with E-state index in [1.165, 1.54) is 0 Å². The van der Waals surface area contributed by atoms with Gasteiger partial charge in [0.2, 0.25) is 0 Å². The number of hydrogen-bond donors (Lipinski definition) is 3. The fourth-order valence-corrected chi connectivity index (χ4v) is 0.934. The Kier molecular flexibility index (Phi) is 2.68. The smallest absolute Gasteiger partial charge is 0.303 e. The number of aromatic amines is 1. The third kappa shape index (κ3) is 2.61. The second-order valence-electron chi connectivity index (χ2n) is 2.54. The van der Waals surface area contributed by atoms with Crippen LogP contribution < -0.4 is 5.73 Å². The highest BCUT2D eigenvalue weighted by molar-refractivity contribution is 5.66. The molecule has 0 saturated heterocycles. The van der Waals surface area contributed by atoms with Gasteiger partial charge in [-0.25, -0.2) is 4.98 Å². The van der Waals surface area contributed by atoms with Crippen LogP contribution in [0.3, 0.4) is 0 Å². The lowest BCUT2D eigenvalue weighted by Gasteiger charge is -1.93. The number of hydrogen-bond acceptors (Lipinski definition) is 3. The molecule has 0 atom stereocenters. The Morgan fingerprint density at radius 3 is 3.00 bits per heavy atom. The van der Waals surface area contributed by atoms with E-state index in [4.69, 9.17) is 10.8 Å². The molecular formula is C7H11N3O2. The minimum Gasteiger partial charge on any atom is -0.481 e. The van der Waals surface area contributed by atoms with E-state index in [1.54, 1.807) is 6.20 Å². The topological polar surface area (TPSA) is 92.0 Å². The molecule has 0 unspecified atom stereocenters. The largest absolute Gasteiger partial charge is 0.481 e. The Morgan fingerprint density at radius 2 is 2.50 bits per heavy atom. The monoisotopic (exact) mass is 169 g/mol. The molecule has 0 bridgehead atoms. The summed E-state index contributed by atoms with van der Waals surface area (Å²) < 4.78 is 0. The van der Waals surface area contributed by atoms with Gasteiger partial charge in [0, 0.05) is 12.1 Å². The van der Waals surface area contributed by atoms with Gasteiger partial charge in [0.25, 0.3) is 0 Å². The molecule has 0 aliphatic heterocycles. The molecule has 0 amide bonds. The molecule has 0 saturated carbocycles. The predicted octanol–water partition coefficient (Wildman–Crippen LogP) is 0.399. The molecule has 5 heteroatoms. The lowest BCUT2D eigenvalue weighted by atomic mass is 10.2. The lowest BCUT2D eigenvalue weighted by molar-refractivity contribution is -0.137. The van der Waals surface area contributed by atoms with Crippen molar-refractivity contribution in [3.63, 3.8) is 0 Å². The highest BCUT2D eigenvalue weighted by atomic mass is 16.4. The molecular weight excluding hydrogens is 158 g/mol. The molecule has 1 aromatic heterocycles. The zero-order valence-corrected chi connectivity index (χ0v) is 6.58. The average Bonchev–Trinajstić information content (AvgIpc) is 2.35. The van der Waals surface area contributed by atoms with Gasteiger partial charge in [0.15, 0.2) is 5.95 Å². The maximum atomic E-state index is 10.1. The molecule has 1 heterocycles. The standard InChI is InChI=1S/C7H11N3O2/c8-7-9-4-5(10-7)2-1-3-6(11)12/h4H,1-3H2,(H,11,12)(H3,8,9,10). The molecule has 0 aliphatic rings. The SMILES string of the molecule is Nc1ncc(CCCC(=O)O)[nH]1. The average molecular weight is 169 g/mol. The van der Waals surface area contributed by atoms with Crippen LogP contribution in [-0.4, -0.2) is 21.0 Å². The summed E-state index contributed by atoms with van der Waals surface area (Å²) in [5.41, 5.74) is 6.21. The molecule has 0 fully saturated rings. The van der Waals surface area contributed by atoms with Gasteiger partial charge in [0.05, 0.1) is 6.20 Å². The van der Waals surface area contributed by atoms with Gasteiger partial charge in [-0.05, 0) is 12.8 Å². The van der Waals surface area contributed by atoms with Crippen LogP contribution in [0.15, 0.2) is 6.20 Å². The highest BCUT2D eigenvalue weighted by Crippen LogP contribution is 2.03. The second kappa shape index (κ2) is 3.75. The van der Waals surface area contributed by atoms with Crippen LogP contribution in [0.2, 0.25) is 0 Å². The summed E-state index contributed by atoms with van der Waals surface area (Å²) in [6.45, 7) is 0. The Labute approximate surface area is 69.6 Å². The van der Waals surface area contributed by atoms with Crippen molar-refractivity contribution in [2.24, 2.45) is 0 Å². The number of nitrogen functional groups attached to an aromatic ring is 1. The van der Waals surface area contributed by atoms with E-state index in [-0.39, 0.29) is 6.42 Å². The Bertz CT molecular complexity index is 269. The summed E-state index contributed by atoms with van der Waals surface area (Å²) in [7, 11) is 0. The van der Waals surface area contributed by atoms with Crippen LogP contribution in [0.1, 0.15) is 18.5 Å². The van der Waals surface area contributed by atoms with Crippen LogP contribution in [0, 0.1) is 0 Å². The van der Waals surface area contributed by atoms with Gasteiger partial charge in [0.1, 0.15) is 0 Å². The van der Waals surface area contributed by atoms with Crippen LogP contribution in [-0.2, 0) is 11.2 Å². The van der Waals surface area contributed by atoms with Crippen molar-refractivity contribution in [1.82, 2.24) is 9.97 Å². The van der Waals surface area contributed by atoms with E-state index in [2.05, 4.69) is 9.97 Å². The summed E-state index contributed by atoms with van der Waals surface area (Å²) in [6.07, 6.45) is 3.09. The molecule has 12 heavy (non-hydrogen) atoms. The molecule has 4 N–H and O–H groups in total. The summed E-state index contributed by atoms with van der Waals surface area (Å²) in [4.78, 5) is 16.8. The van der Waals surface area contributed by atoms with Crippen LogP contribution in [0.5, 0.6) is 0 Å². The molecule has 1 rings (SSSR count). The predicted molar refractivity (Wildman–Crippen MR) is 43.6 cm³/mol. The third-order valence-electron chi connectivity index (χ3n) is 1.48. The molecule has 0 radical (unpaired) electrons. The first kappa shape index (κ1) is 8.58. The lowest BCUT2D eigenvalue weighted by Crippen LogP contribution is -1.96. The van der Waals surface area contributed by atoms with E-state index < -0.39 is 5.97 Å². The quantitative estimate of drug-likeness (QED) is 0.608. The Morgan fingerprint density at radius 1 is 1.75 bits per heavy atom. The second-order valence-corrected chi connectivity index (χ2v) is 2.54. The maximum Gasteiger partial charge on any atom is 0.303 e. The van der Waals surface area contributed by atoms with Gasteiger partial charge in [-0.1, -0.05) is 0 Å². The number of carbonyl (C=O) groups is 1. The third-order valence-corrected chi connectivity index (χ3v) is 1.48. The summed E-state index contributed by atoms with van der Waals surface area (Å²) >= 11 is 0. The maximum absolute atomic E-state index is 10.1. The first-order valence-electron chi connectivity index (χ1n) is 3.69. The first-order chi connectivity index (χ1) is 5.68. The number of H-pyrrole nitrogens is 1. The molecule has 0 aliphatic carbocycles. The fraction of sp³-hybridized carbons (Fsp3) is 0.429. The van der Waals surface area contributed by atoms with Crippen LogP contribution in [0.25, 0.3) is 0 Å². The van der Waals surface area contributed by atoms with E-state index in [0.717, 1.165) is 5.69 Å². The van der Waals surface area contributed by atoms with Crippen molar-refractivity contribution in [3.8, 4) is 0 Å². The minimum atomic E-state index is -0.775. The van der Waals surface area contributed by atoms with Gasteiger partial charge in [-0.3, -0.25) is 4.79 Å². The zero-order valence-electron chi connectivity index (χ0n) is 6.58. The van der Waals surface area contributed by atoms with Crippen molar-refractivity contribution in [2.45, 2.75) is 19.3 Å². The normalized spacial score (nSPS) is 10.0. The van der Waals surface area contributed by atoms with E-state index in [9.17, 15) is 4.79 Å². The van der Waals surface area contributed by atoms with Crippen molar-refractivity contribution in [3.05, 3.63) is 11.9 Å². The summed E-state index contributed by atoms with van der Waals surface area (Å²) in [6, 6.07) is 0. The van der Waals surface area contributed by atoms with Gasteiger partial charge in [-0.15, -0.1) is 0 Å². The number of nitrogens with two attached hydrogens (primary N) is 1. The van der Waals surface area contributed by atoms with Gasteiger partial charge < -0.3 is 15.8 Å². The molecule has 1 aromatic rings. The number of nitrogens with zero attached hydrogens (tertiary/aromatic N) is 1. The van der Waals surface area contributed by atoms with Crippen molar-refractivity contribution in [2.75, 3.05) is 5.73 Å². The molecule has 0 aromatic carbocycles. The number of aryl methyl sites for hydroxylation is 1. The Balaban J connectivity index is 2.29. The van der Waals surface area contributed by atoms with E-state index >= 15 is 0 Å². The minimum absolute atomic E-state index is 0.179. The summed E-state index contributed by atoms with van der Waals surface area (Å²) in [5, 5.41) is 8.35. The molecule has 0 spiro atoms. The van der Waals surface area contributed by atoms with Gasteiger partial charge in [-0.2, -0.15) is 0 Å². The van der Waals surface area contributed by atoms with E-state index in [0.29, 0.717) is 18.8 Å². The number of aromatic nitrogens is 2. The first-order valence-corrected chi connectivity index (χ1v) is 3.69.